The number of hydrogen-bond acceptors (Lipinski definition) is 1. The van der Waals surface area contributed by atoms with E-state index in [1.807, 2.05) is 6.92 Å². The van der Waals surface area contributed by atoms with Crippen molar-refractivity contribution in [3.63, 3.8) is 0 Å². The molecule has 0 aromatic heterocycles. The van der Waals surface area contributed by atoms with Crippen molar-refractivity contribution in [3.8, 4) is 0 Å². The van der Waals surface area contributed by atoms with Crippen molar-refractivity contribution in [2.75, 3.05) is 6.54 Å². The highest BCUT2D eigenvalue weighted by Crippen LogP contribution is 2.28. The van der Waals surface area contributed by atoms with Crippen molar-refractivity contribution < 1.29 is 17.6 Å². The normalized spacial score (nSPS) is 13.6. The number of benzene rings is 1. The second-order valence-electron chi connectivity index (χ2n) is 4.67. The fraction of sp³-hybridized carbons (Fsp3) is 0.571. The number of alkyl halides is 3. The Labute approximate surface area is 111 Å². The van der Waals surface area contributed by atoms with Gasteiger partial charge in [-0.25, -0.2) is 4.39 Å². The predicted octanol–water partition coefficient (Wildman–Crippen LogP) is 4.52. The summed E-state index contributed by atoms with van der Waals surface area (Å²) in [6.45, 7) is 4.20. The molecule has 0 aliphatic rings. The maximum atomic E-state index is 13.2. The zero-order valence-electron chi connectivity index (χ0n) is 11.1. The largest absolute Gasteiger partial charge is 0.389 e. The minimum absolute atomic E-state index is 0.0332. The summed E-state index contributed by atoms with van der Waals surface area (Å²) in [5, 5.41) is 3.08. The molecule has 1 aromatic carbocycles. The zero-order valence-corrected chi connectivity index (χ0v) is 11.1. The monoisotopic (exact) mass is 277 g/mol. The molecule has 0 radical (unpaired) electrons. The quantitative estimate of drug-likeness (QED) is 0.754. The standard InChI is InChI=1S/C14H19F4N/c1-3-8-19-13(6-7-14(16,17)18)11-4-5-12(15)10(2)9-11/h4-5,9,13,19H,3,6-8H2,1-2H3. The molecule has 108 valence electrons. The van der Waals surface area contributed by atoms with Gasteiger partial charge in [0.1, 0.15) is 5.82 Å². The van der Waals surface area contributed by atoms with Crippen LogP contribution in [0, 0.1) is 12.7 Å². The number of nitrogens with one attached hydrogen (secondary N) is 1. The topological polar surface area (TPSA) is 12.0 Å². The number of aryl methyl sites for hydroxylation is 1. The summed E-state index contributed by atoms with van der Waals surface area (Å²) >= 11 is 0. The lowest BCUT2D eigenvalue weighted by atomic mass is 9.99. The molecule has 0 fully saturated rings. The third-order valence-electron chi connectivity index (χ3n) is 2.94. The number of halogens is 4. The fourth-order valence-corrected chi connectivity index (χ4v) is 1.90. The molecule has 1 atom stereocenters. The summed E-state index contributed by atoms with van der Waals surface area (Å²) in [5.74, 6) is -0.339. The molecule has 0 spiro atoms. The first-order chi connectivity index (χ1) is 8.83. The van der Waals surface area contributed by atoms with E-state index >= 15 is 0 Å². The van der Waals surface area contributed by atoms with Gasteiger partial charge in [0.05, 0.1) is 0 Å². The maximum Gasteiger partial charge on any atom is 0.389 e. The van der Waals surface area contributed by atoms with Gasteiger partial charge in [0.15, 0.2) is 0 Å². The highest BCUT2D eigenvalue weighted by atomic mass is 19.4. The van der Waals surface area contributed by atoms with Crippen molar-refractivity contribution >= 4 is 0 Å². The molecule has 0 bridgehead atoms. The van der Waals surface area contributed by atoms with Crippen LogP contribution in [0.1, 0.15) is 43.4 Å². The van der Waals surface area contributed by atoms with E-state index in [0.29, 0.717) is 17.7 Å². The third kappa shape index (κ3) is 5.59. The van der Waals surface area contributed by atoms with Crippen LogP contribution in [-0.2, 0) is 0 Å². The molecule has 1 N–H and O–H groups in total. The van der Waals surface area contributed by atoms with Gasteiger partial charge in [0.2, 0.25) is 0 Å². The Morgan fingerprint density at radius 1 is 1.26 bits per heavy atom. The molecule has 0 heterocycles. The van der Waals surface area contributed by atoms with Crippen LogP contribution in [0.15, 0.2) is 18.2 Å². The van der Waals surface area contributed by atoms with Gasteiger partial charge in [0.25, 0.3) is 0 Å². The lowest BCUT2D eigenvalue weighted by Crippen LogP contribution is -2.24. The van der Waals surface area contributed by atoms with E-state index in [-0.39, 0.29) is 18.3 Å². The summed E-state index contributed by atoms with van der Waals surface area (Å²) in [7, 11) is 0. The molecule has 1 nitrogen and oxygen atoms in total. The summed E-state index contributed by atoms with van der Waals surface area (Å²) in [4.78, 5) is 0. The third-order valence-corrected chi connectivity index (χ3v) is 2.94. The smallest absolute Gasteiger partial charge is 0.310 e. The minimum Gasteiger partial charge on any atom is -0.310 e. The van der Waals surface area contributed by atoms with Crippen LogP contribution in [0.2, 0.25) is 0 Å². The lowest BCUT2D eigenvalue weighted by molar-refractivity contribution is -0.136. The molecule has 0 aliphatic carbocycles. The fourth-order valence-electron chi connectivity index (χ4n) is 1.90. The Balaban J connectivity index is 2.79. The Hall–Kier alpha value is -1.10. The van der Waals surface area contributed by atoms with E-state index in [0.717, 1.165) is 6.42 Å². The average Bonchev–Trinajstić information content (AvgIpc) is 2.32. The van der Waals surface area contributed by atoms with Crippen LogP contribution in [0.4, 0.5) is 17.6 Å². The van der Waals surface area contributed by atoms with Crippen molar-refractivity contribution in [1.82, 2.24) is 5.32 Å². The van der Waals surface area contributed by atoms with Crippen molar-refractivity contribution in [2.24, 2.45) is 0 Å². The first kappa shape index (κ1) is 16.0. The molecule has 5 heteroatoms. The first-order valence-corrected chi connectivity index (χ1v) is 6.39. The van der Waals surface area contributed by atoms with Crippen LogP contribution in [0.5, 0.6) is 0 Å². The highest BCUT2D eigenvalue weighted by Gasteiger charge is 2.28. The van der Waals surface area contributed by atoms with Gasteiger partial charge in [0, 0.05) is 12.5 Å². The molecule has 1 aromatic rings. The molecular formula is C14H19F4N. The summed E-state index contributed by atoms with van der Waals surface area (Å²) in [5.41, 5.74) is 1.16. The van der Waals surface area contributed by atoms with Gasteiger partial charge < -0.3 is 5.32 Å². The van der Waals surface area contributed by atoms with E-state index in [4.69, 9.17) is 0 Å². The van der Waals surface area contributed by atoms with Gasteiger partial charge in [-0.15, -0.1) is 0 Å². The molecule has 0 saturated carbocycles. The Kier molecular flexibility index (Phi) is 5.79. The number of rotatable bonds is 6. The molecule has 0 saturated heterocycles. The molecule has 1 rings (SSSR count). The van der Waals surface area contributed by atoms with E-state index in [1.165, 1.54) is 6.07 Å². The highest BCUT2D eigenvalue weighted by molar-refractivity contribution is 5.26. The van der Waals surface area contributed by atoms with Crippen molar-refractivity contribution in [1.29, 1.82) is 0 Å². The Bertz CT molecular complexity index is 401. The van der Waals surface area contributed by atoms with E-state index in [1.54, 1.807) is 19.1 Å². The summed E-state index contributed by atoms with van der Waals surface area (Å²) < 4.78 is 50.1. The number of hydrogen-bond donors (Lipinski definition) is 1. The SMILES string of the molecule is CCCNC(CCC(F)(F)F)c1ccc(F)c(C)c1. The van der Waals surface area contributed by atoms with E-state index < -0.39 is 12.6 Å². The van der Waals surface area contributed by atoms with Gasteiger partial charge in [-0.2, -0.15) is 13.2 Å². The second-order valence-corrected chi connectivity index (χ2v) is 4.67. The average molecular weight is 277 g/mol. The van der Waals surface area contributed by atoms with Crippen LogP contribution < -0.4 is 5.32 Å². The predicted molar refractivity (Wildman–Crippen MR) is 67.5 cm³/mol. The van der Waals surface area contributed by atoms with Crippen LogP contribution in [0.3, 0.4) is 0 Å². The van der Waals surface area contributed by atoms with Gasteiger partial charge in [-0.3, -0.25) is 0 Å². The van der Waals surface area contributed by atoms with Gasteiger partial charge in [-0.05, 0) is 43.5 Å². The minimum atomic E-state index is -4.17. The van der Waals surface area contributed by atoms with Gasteiger partial charge >= 0.3 is 6.18 Å². The maximum absolute atomic E-state index is 13.2. The second kappa shape index (κ2) is 6.89. The molecular weight excluding hydrogens is 258 g/mol. The lowest BCUT2D eigenvalue weighted by Gasteiger charge is -2.20. The molecule has 19 heavy (non-hydrogen) atoms. The molecule has 1 unspecified atom stereocenters. The summed E-state index contributed by atoms with van der Waals surface area (Å²) in [6, 6.07) is 4.07. The Morgan fingerprint density at radius 3 is 2.47 bits per heavy atom. The van der Waals surface area contributed by atoms with Crippen LogP contribution in [-0.4, -0.2) is 12.7 Å². The molecule has 0 aliphatic heterocycles. The van der Waals surface area contributed by atoms with Gasteiger partial charge in [-0.1, -0.05) is 19.1 Å². The molecule has 0 amide bonds. The summed E-state index contributed by atoms with van der Waals surface area (Å²) in [6.07, 6.45) is -4.21. The zero-order chi connectivity index (χ0) is 14.5. The van der Waals surface area contributed by atoms with E-state index in [2.05, 4.69) is 5.32 Å². The van der Waals surface area contributed by atoms with Crippen LogP contribution in [0.25, 0.3) is 0 Å². The van der Waals surface area contributed by atoms with Crippen molar-refractivity contribution in [2.45, 2.75) is 45.3 Å². The Morgan fingerprint density at radius 2 is 1.95 bits per heavy atom. The van der Waals surface area contributed by atoms with Crippen molar-refractivity contribution in [3.05, 3.63) is 35.1 Å². The first-order valence-electron chi connectivity index (χ1n) is 6.39. The van der Waals surface area contributed by atoms with E-state index in [9.17, 15) is 17.6 Å². The van der Waals surface area contributed by atoms with Crippen LogP contribution >= 0.6 is 0 Å².